The second kappa shape index (κ2) is 8.34. The zero-order valence-electron chi connectivity index (χ0n) is 13.7. The van der Waals surface area contributed by atoms with Gasteiger partial charge in [0.15, 0.2) is 0 Å². The molecule has 1 unspecified atom stereocenters. The van der Waals surface area contributed by atoms with E-state index in [4.69, 9.17) is 11.5 Å². The van der Waals surface area contributed by atoms with Gasteiger partial charge in [-0.25, -0.2) is 13.8 Å². The number of benzene rings is 1. The molecule has 0 spiro atoms. The van der Waals surface area contributed by atoms with Gasteiger partial charge < -0.3 is 22.1 Å². The van der Waals surface area contributed by atoms with Gasteiger partial charge >= 0.3 is 0 Å². The van der Waals surface area contributed by atoms with Crippen LogP contribution in [0.1, 0.15) is 22.3 Å². The fourth-order valence-corrected chi connectivity index (χ4v) is 2.14. The second-order valence-corrected chi connectivity index (χ2v) is 5.58. The fourth-order valence-electron chi connectivity index (χ4n) is 2.14. The van der Waals surface area contributed by atoms with Crippen LogP contribution in [0.2, 0.25) is 0 Å². The molecule has 2 rings (SSSR count). The van der Waals surface area contributed by atoms with E-state index in [0.29, 0.717) is 0 Å². The van der Waals surface area contributed by atoms with Crippen molar-refractivity contribution < 1.29 is 13.6 Å². The van der Waals surface area contributed by atoms with E-state index >= 15 is 0 Å². The van der Waals surface area contributed by atoms with Gasteiger partial charge in [0.25, 0.3) is 5.91 Å². The highest BCUT2D eigenvalue weighted by Gasteiger charge is 2.14. The first-order chi connectivity index (χ1) is 11.8. The standard InChI is InChI=1S/C16H20F2N6O/c1-9-3-2-4-11(5-9)23-15-12(14(20)25)8-22-16(24-15)21-7-10(19)6-13(17)18/h2-5,8,10,13H,6-7,19H2,1H3,(H2,20,25)(H2,21,22,23,24). The number of carbonyl (C=O) groups is 1. The van der Waals surface area contributed by atoms with Crippen molar-refractivity contribution in [3.8, 4) is 0 Å². The Bertz CT molecular complexity index is 740. The van der Waals surface area contributed by atoms with Crippen LogP contribution >= 0.6 is 0 Å². The van der Waals surface area contributed by atoms with Crippen LogP contribution in [-0.2, 0) is 0 Å². The molecule has 7 nitrogen and oxygen atoms in total. The molecule has 134 valence electrons. The first-order valence-electron chi connectivity index (χ1n) is 7.63. The van der Waals surface area contributed by atoms with Gasteiger partial charge in [-0.05, 0) is 24.6 Å². The molecule has 0 fully saturated rings. The third-order valence-electron chi connectivity index (χ3n) is 3.34. The van der Waals surface area contributed by atoms with Gasteiger partial charge in [-0.2, -0.15) is 4.98 Å². The molecular weight excluding hydrogens is 330 g/mol. The summed E-state index contributed by atoms with van der Waals surface area (Å²) in [7, 11) is 0. The number of aromatic nitrogens is 2. The molecule has 0 aliphatic carbocycles. The Morgan fingerprint density at radius 2 is 2.12 bits per heavy atom. The van der Waals surface area contributed by atoms with Crippen molar-refractivity contribution in [1.82, 2.24) is 9.97 Å². The SMILES string of the molecule is Cc1cccc(Nc2nc(NCC(N)CC(F)F)ncc2C(N)=O)c1. The quantitative estimate of drug-likeness (QED) is 0.578. The molecule has 1 aromatic heterocycles. The van der Waals surface area contributed by atoms with Crippen molar-refractivity contribution in [2.45, 2.75) is 25.8 Å². The van der Waals surface area contributed by atoms with Crippen molar-refractivity contribution >= 4 is 23.4 Å². The summed E-state index contributed by atoms with van der Waals surface area (Å²) in [6.45, 7) is 2.00. The van der Waals surface area contributed by atoms with E-state index in [1.165, 1.54) is 6.20 Å². The van der Waals surface area contributed by atoms with Crippen molar-refractivity contribution in [3.05, 3.63) is 41.6 Å². The maximum atomic E-state index is 12.3. The van der Waals surface area contributed by atoms with Gasteiger partial charge in [-0.3, -0.25) is 4.79 Å². The molecule has 6 N–H and O–H groups in total. The van der Waals surface area contributed by atoms with E-state index < -0.39 is 24.8 Å². The van der Waals surface area contributed by atoms with Crippen LogP contribution in [0.4, 0.5) is 26.2 Å². The number of carbonyl (C=O) groups excluding carboxylic acids is 1. The van der Waals surface area contributed by atoms with Crippen LogP contribution in [0.25, 0.3) is 0 Å². The zero-order chi connectivity index (χ0) is 18.4. The van der Waals surface area contributed by atoms with Crippen LogP contribution < -0.4 is 22.1 Å². The lowest BCUT2D eigenvalue weighted by Crippen LogP contribution is -2.31. The van der Waals surface area contributed by atoms with Gasteiger partial charge in [0, 0.05) is 30.9 Å². The summed E-state index contributed by atoms with van der Waals surface area (Å²) in [5, 5.41) is 5.79. The molecule has 0 bridgehead atoms. The number of hydrogen-bond donors (Lipinski definition) is 4. The van der Waals surface area contributed by atoms with E-state index in [1.54, 1.807) is 0 Å². The third-order valence-corrected chi connectivity index (χ3v) is 3.34. The summed E-state index contributed by atoms with van der Waals surface area (Å²) in [4.78, 5) is 19.7. The molecule has 0 aliphatic heterocycles. The molecule has 9 heteroatoms. The van der Waals surface area contributed by atoms with Gasteiger partial charge in [0.1, 0.15) is 11.4 Å². The molecule has 1 atom stereocenters. The highest BCUT2D eigenvalue weighted by molar-refractivity contribution is 5.98. The zero-order valence-corrected chi connectivity index (χ0v) is 13.7. The van der Waals surface area contributed by atoms with E-state index in [2.05, 4.69) is 20.6 Å². The fraction of sp³-hybridized carbons (Fsp3) is 0.312. The number of aryl methyl sites for hydroxylation is 1. The molecule has 2 aromatic rings. The number of alkyl halides is 2. The summed E-state index contributed by atoms with van der Waals surface area (Å²) in [5.74, 6) is -0.306. The smallest absolute Gasteiger partial charge is 0.254 e. The van der Waals surface area contributed by atoms with Gasteiger partial charge in [-0.15, -0.1) is 0 Å². The Morgan fingerprint density at radius 1 is 1.36 bits per heavy atom. The van der Waals surface area contributed by atoms with Crippen molar-refractivity contribution in [1.29, 1.82) is 0 Å². The monoisotopic (exact) mass is 350 g/mol. The van der Waals surface area contributed by atoms with Crippen LogP contribution in [-0.4, -0.2) is 34.9 Å². The van der Waals surface area contributed by atoms with Crippen LogP contribution in [0, 0.1) is 6.92 Å². The summed E-state index contributed by atoms with van der Waals surface area (Å²) >= 11 is 0. The predicted molar refractivity (Wildman–Crippen MR) is 92.1 cm³/mol. The molecule has 1 heterocycles. The van der Waals surface area contributed by atoms with E-state index in [-0.39, 0.29) is 23.9 Å². The van der Waals surface area contributed by atoms with Crippen molar-refractivity contribution in [2.24, 2.45) is 11.5 Å². The van der Waals surface area contributed by atoms with E-state index in [9.17, 15) is 13.6 Å². The number of nitrogens with one attached hydrogen (secondary N) is 2. The Balaban J connectivity index is 2.17. The largest absolute Gasteiger partial charge is 0.365 e. The molecule has 0 saturated carbocycles. The second-order valence-electron chi connectivity index (χ2n) is 5.58. The molecule has 25 heavy (non-hydrogen) atoms. The molecular formula is C16H20F2N6O. The number of rotatable bonds is 8. The predicted octanol–water partition coefficient (Wildman–Crippen LogP) is 2.02. The van der Waals surface area contributed by atoms with Gasteiger partial charge in [0.05, 0.1) is 0 Å². The number of nitrogens with two attached hydrogens (primary N) is 2. The normalized spacial score (nSPS) is 12.0. The molecule has 0 radical (unpaired) electrons. The molecule has 1 amide bonds. The minimum atomic E-state index is -2.48. The number of nitrogens with zero attached hydrogens (tertiary/aromatic N) is 2. The highest BCUT2D eigenvalue weighted by Crippen LogP contribution is 2.20. The summed E-state index contributed by atoms with van der Waals surface area (Å²) in [6, 6.07) is 6.72. The summed E-state index contributed by atoms with van der Waals surface area (Å²) < 4.78 is 24.6. The van der Waals surface area contributed by atoms with Crippen molar-refractivity contribution in [3.63, 3.8) is 0 Å². The Kier molecular flexibility index (Phi) is 6.18. The Labute approximate surface area is 143 Å². The highest BCUT2D eigenvalue weighted by atomic mass is 19.3. The molecule has 0 saturated heterocycles. The minimum Gasteiger partial charge on any atom is -0.365 e. The lowest BCUT2D eigenvalue weighted by atomic mass is 10.2. The first kappa shape index (κ1) is 18.5. The topological polar surface area (TPSA) is 119 Å². The maximum absolute atomic E-state index is 12.3. The lowest BCUT2D eigenvalue weighted by Gasteiger charge is -2.14. The van der Waals surface area contributed by atoms with E-state index in [0.717, 1.165) is 11.3 Å². The Morgan fingerprint density at radius 3 is 2.76 bits per heavy atom. The van der Waals surface area contributed by atoms with Gasteiger partial charge in [-0.1, -0.05) is 12.1 Å². The number of anilines is 3. The number of halogens is 2. The number of amides is 1. The van der Waals surface area contributed by atoms with Crippen molar-refractivity contribution in [2.75, 3.05) is 17.2 Å². The maximum Gasteiger partial charge on any atom is 0.254 e. The molecule has 0 aliphatic rings. The molecule has 1 aromatic carbocycles. The summed E-state index contributed by atoms with van der Waals surface area (Å²) in [6.07, 6.45) is -1.64. The first-order valence-corrected chi connectivity index (χ1v) is 7.63. The number of hydrogen-bond acceptors (Lipinski definition) is 6. The Hall–Kier alpha value is -2.81. The van der Waals surface area contributed by atoms with Crippen LogP contribution in [0.15, 0.2) is 30.5 Å². The summed E-state index contributed by atoms with van der Waals surface area (Å²) in [5.41, 5.74) is 12.8. The average molecular weight is 350 g/mol. The van der Waals surface area contributed by atoms with E-state index in [1.807, 2.05) is 31.2 Å². The average Bonchev–Trinajstić information content (AvgIpc) is 2.52. The number of primary amides is 1. The minimum absolute atomic E-state index is 0.0736. The van der Waals surface area contributed by atoms with Gasteiger partial charge in [0.2, 0.25) is 12.4 Å². The lowest BCUT2D eigenvalue weighted by molar-refractivity contribution is 0.100. The third kappa shape index (κ3) is 5.64. The van der Waals surface area contributed by atoms with Crippen LogP contribution in [0.3, 0.4) is 0 Å². The van der Waals surface area contributed by atoms with Crippen LogP contribution in [0.5, 0.6) is 0 Å².